The molecular weight excluding hydrogens is 328 g/mol. The van der Waals surface area contributed by atoms with Crippen molar-refractivity contribution in [2.24, 2.45) is 7.05 Å². The second-order valence-corrected chi connectivity index (χ2v) is 6.17. The van der Waals surface area contributed by atoms with Gasteiger partial charge in [0.2, 0.25) is 5.91 Å². The number of aliphatic hydroxyl groups excluding tert-OH is 1. The molecule has 2 N–H and O–H groups in total. The van der Waals surface area contributed by atoms with E-state index in [2.05, 4.69) is 15.5 Å². The van der Waals surface area contributed by atoms with E-state index in [4.69, 9.17) is 0 Å². The molecule has 6 nitrogen and oxygen atoms in total. The van der Waals surface area contributed by atoms with Gasteiger partial charge in [-0.1, -0.05) is 60.7 Å². The van der Waals surface area contributed by atoms with Crippen LogP contribution in [0.4, 0.5) is 0 Å². The van der Waals surface area contributed by atoms with Gasteiger partial charge >= 0.3 is 0 Å². The fourth-order valence-corrected chi connectivity index (χ4v) is 2.85. The summed E-state index contributed by atoms with van der Waals surface area (Å²) in [6, 6.07) is 18.3. The summed E-state index contributed by atoms with van der Waals surface area (Å²) in [5, 5.41) is 21.6. The largest absolute Gasteiger partial charge is 0.386 e. The summed E-state index contributed by atoms with van der Waals surface area (Å²) < 4.78 is 1.79. The van der Waals surface area contributed by atoms with Gasteiger partial charge in [0.05, 0.1) is 6.04 Å². The topological polar surface area (TPSA) is 80.0 Å². The van der Waals surface area contributed by atoms with E-state index in [-0.39, 0.29) is 12.3 Å². The molecule has 1 amide bonds. The van der Waals surface area contributed by atoms with E-state index in [0.29, 0.717) is 6.42 Å². The summed E-state index contributed by atoms with van der Waals surface area (Å²) in [5.41, 5.74) is 1.62. The van der Waals surface area contributed by atoms with E-state index in [1.54, 1.807) is 10.9 Å². The molecule has 0 aliphatic carbocycles. The van der Waals surface area contributed by atoms with Gasteiger partial charge in [0, 0.05) is 19.9 Å². The van der Waals surface area contributed by atoms with Gasteiger partial charge in [0.1, 0.15) is 18.3 Å². The maximum absolute atomic E-state index is 12.5. The van der Waals surface area contributed by atoms with Crippen molar-refractivity contribution in [1.29, 1.82) is 0 Å². The SMILES string of the molecule is Cn1cnnc1CCC(=O)N[C@@H](c1ccccc1)[C@H](O)c1ccccc1. The highest BCUT2D eigenvalue weighted by Gasteiger charge is 2.24. The molecule has 0 aliphatic rings. The fourth-order valence-electron chi connectivity index (χ4n) is 2.85. The molecule has 0 spiro atoms. The third kappa shape index (κ3) is 4.34. The highest BCUT2D eigenvalue weighted by Crippen LogP contribution is 2.28. The molecule has 6 heteroatoms. The van der Waals surface area contributed by atoms with Crippen molar-refractivity contribution >= 4 is 5.91 Å². The number of aliphatic hydroxyl groups is 1. The van der Waals surface area contributed by atoms with Crippen LogP contribution in [0.1, 0.15) is 35.5 Å². The molecule has 2 atom stereocenters. The minimum Gasteiger partial charge on any atom is -0.386 e. The molecule has 1 aromatic heterocycles. The molecule has 3 aromatic rings. The number of aromatic nitrogens is 3. The number of aryl methyl sites for hydroxylation is 2. The maximum atomic E-state index is 12.5. The van der Waals surface area contributed by atoms with Crippen molar-refractivity contribution in [2.75, 3.05) is 0 Å². The van der Waals surface area contributed by atoms with Gasteiger partial charge in [-0.3, -0.25) is 4.79 Å². The molecule has 0 saturated carbocycles. The third-order valence-electron chi connectivity index (χ3n) is 4.31. The second kappa shape index (κ2) is 8.40. The molecule has 26 heavy (non-hydrogen) atoms. The summed E-state index contributed by atoms with van der Waals surface area (Å²) in [4.78, 5) is 12.5. The van der Waals surface area contributed by atoms with Gasteiger partial charge in [0.25, 0.3) is 0 Å². The van der Waals surface area contributed by atoms with E-state index in [1.165, 1.54) is 0 Å². The number of carbonyl (C=O) groups is 1. The first-order valence-corrected chi connectivity index (χ1v) is 8.55. The number of rotatable bonds is 7. The number of benzene rings is 2. The summed E-state index contributed by atoms with van der Waals surface area (Å²) in [5.74, 6) is 0.608. The average Bonchev–Trinajstić information content (AvgIpc) is 3.10. The Morgan fingerprint density at radius 2 is 1.69 bits per heavy atom. The maximum Gasteiger partial charge on any atom is 0.221 e. The molecular formula is C20H22N4O2. The van der Waals surface area contributed by atoms with Gasteiger partial charge in [-0.25, -0.2) is 0 Å². The lowest BCUT2D eigenvalue weighted by Crippen LogP contribution is -2.33. The van der Waals surface area contributed by atoms with Crippen molar-refractivity contribution in [3.05, 3.63) is 83.9 Å². The number of carbonyl (C=O) groups excluding carboxylic acids is 1. The Bertz CT molecular complexity index is 833. The Kier molecular flexibility index (Phi) is 5.76. The van der Waals surface area contributed by atoms with Crippen LogP contribution in [0.5, 0.6) is 0 Å². The molecule has 3 rings (SSSR count). The Labute approximate surface area is 152 Å². The molecule has 0 unspecified atom stereocenters. The van der Waals surface area contributed by atoms with Gasteiger partial charge < -0.3 is 15.0 Å². The lowest BCUT2D eigenvalue weighted by molar-refractivity contribution is -0.122. The summed E-state index contributed by atoms with van der Waals surface area (Å²) in [6.07, 6.45) is 1.54. The van der Waals surface area contributed by atoms with E-state index in [1.807, 2.05) is 67.7 Å². The van der Waals surface area contributed by atoms with E-state index in [9.17, 15) is 9.90 Å². The first-order valence-electron chi connectivity index (χ1n) is 8.55. The monoisotopic (exact) mass is 350 g/mol. The zero-order valence-electron chi connectivity index (χ0n) is 14.6. The summed E-state index contributed by atoms with van der Waals surface area (Å²) in [7, 11) is 1.85. The highest BCUT2D eigenvalue weighted by atomic mass is 16.3. The second-order valence-electron chi connectivity index (χ2n) is 6.17. The molecule has 0 bridgehead atoms. The predicted molar refractivity (Wildman–Crippen MR) is 98.1 cm³/mol. The van der Waals surface area contributed by atoms with Crippen LogP contribution in [0.3, 0.4) is 0 Å². The van der Waals surface area contributed by atoms with Crippen molar-refractivity contribution in [2.45, 2.75) is 25.0 Å². The van der Waals surface area contributed by atoms with E-state index >= 15 is 0 Å². The van der Waals surface area contributed by atoms with Crippen LogP contribution in [0, 0.1) is 0 Å². The number of nitrogens with zero attached hydrogens (tertiary/aromatic N) is 3. The summed E-state index contributed by atoms with van der Waals surface area (Å²) in [6.45, 7) is 0. The van der Waals surface area contributed by atoms with Crippen LogP contribution in [-0.4, -0.2) is 25.8 Å². The van der Waals surface area contributed by atoms with Crippen LogP contribution in [0.25, 0.3) is 0 Å². The van der Waals surface area contributed by atoms with Crippen LogP contribution in [-0.2, 0) is 18.3 Å². The van der Waals surface area contributed by atoms with E-state index in [0.717, 1.165) is 17.0 Å². The Hall–Kier alpha value is -2.99. The Morgan fingerprint density at radius 1 is 1.08 bits per heavy atom. The third-order valence-corrected chi connectivity index (χ3v) is 4.31. The van der Waals surface area contributed by atoms with Gasteiger partial charge in [-0.15, -0.1) is 10.2 Å². The van der Waals surface area contributed by atoms with E-state index < -0.39 is 12.1 Å². The molecule has 0 saturated heterocycles. The smallest absolute Gasteiger partial charge is 0.221 e. The van der Waals surface area contributed by atoms with Crippen LogP contribution >= 0.6 is 0 Å². The number of amides is 1. The van der Waals surface area contributed by atoms with Crippen molar-refractivity contribution in [3.8, 4) is 0 Å². The molecule has 0 radical (unpaired) electrons. The van der Waals surface area contributed by atoms with Crippen molar-refractivity contribution in [3.63, 3.8) is 0 Å². The van der Waals surface area contributed by atoms with Crippen LogP contribution in [0.2, 0.25) is 0 Å². The minimum absolute atomic E-state index is 0.142. The Balaban J connectivity index is 1.73. The molecule has 134 valence electrons. The normalized spacial score (nSPS) is 13.2. The lowest BCUT2D eigenvalue weighted by Gasteiger charge is -2.25. The Morgan fingerprint density at radius 3 is 2.27 bits per heavy atom. The van der Waals surface area contributed by atoms with Gasteiger partial charge in [-0.05, 0) is 11.1 Å². The molecule has 0 fully saturated rings. The number of nitrogens with one attached hydrogen (secondary N) is 1. The zero-order valence-corrected chi connectivity index (χ0v) is 14.6. The molecule has 0 aliphatic heterocycles. The highest BCUT2D eigenvalue weighted by molar-refractivity contribution is 5.76. The van der Waals surface area contributed by atoms with Gasteiger partial charge in [0.15, 0.2) is 0 Å². The summed E-state index contributed by atoms with van der Waals surface area (Å²) >= 11 is 0. The average molecular weight is 350 g/mol. The zero-order chi connectivity index (χ0) is 18.4. The van der Waals surface area contributed by atoms with Crippen LogP contribution in [0.15, 0.2) is 67.0 Å². The first kappa shape index (κ1) is 17.8. The lowest BCUT2D eigenvalue weighted by atomic mass is 9.95. The number of hydrogen-bond acceptors (Lipinski definition) is 4. The van der Waals surface area contributed by atoms with Crippen LogP contribution < -0.4 is 5.32 Å². The fraction of sp³-hybridized carbons (Fsp3) is 0.250. The minimum atomic E-state index is -0.836. The molecule has 2 aromatic carbocycles. The van der Waals surface area contributed by atoms with Crippen molar-refractivity contribution in [1.82, 2.24) is 20.1 Å². The molecule has 1 heterocycles. The first-order chi connectivity index (χ1) is 12.6. The standard InChI is InChI=1S/C20H22N4O2/c1-24-14-21-23-17(24)12-13-18(25)22-19(15-8-4-2-5-9-15)20(26)16-10-6-3-7-11-16/h2-11,14,19-20,26H,12-13H2,1H3,(H,22,25)/t19-,20+/m0/s1. The van der Waals surface area contributed by atoms with Crippen molar-refractivity contribution < 1.29 is 9.90 Å². The number of hydrogen-bond donors (Lipinski definition) is 2. The quantitative estimate of drug-likeness (QED) is 0.685. The van der Waals surface area contributed by atoms with Gasteiger partial charge in [-0.2, -0.15) is 0 Å². The predicted octanol–water partition coefficient (Wildman–Crippen LogP) is 2.34.